The van der Waals surface area contributed by atoms with E-state index in [2.05, 4.69) is 28.7 Å². The molecular weight excluding hydrogens is 368 g/mol. The number of ether oxygens (including phenoxy) is 1. The quantitative estimate of drug-likeness (QED) is 0.297. The molecule has 0 radical (unpaired) electrons. The van der Waals surface area contributed by atoms with Crippen molar-refractivity contribution in [3.05, 3.63) is 48.7 Å². The first-order chi connectivity index (χ1) is 13.8. The Labute approximate surface area is 173 Å². The van der Waals surface area contributed by atoms with Gasteiger partial charge in [0.05, 0.1) is 23.6 Å². The van der Waals surface area contributed by atoms with Crippen molar-refractivity contribution in [1.29, 1.82) is 5.41 Å². The molecule has 8 heteroatoms. The highest BCUT2D eigenvalue weighted by Crippen LogP contribution is 2.25. The summed E-state index contributed by atoms with van der Waals surface area (Å²) in [7, 11) is 3.75. The second-order valence-corrected chi connectivity index (χ2v) is 6.82. The fourth-order valence-corrected chi connectivity index (χ4v) is 2.79. The van der Waals surface area contributed by atoms with Gasteiger partial charge in [-0.25, -0.2) is 0 Å². The van der Waals surface area contributed by atoms with Crippen LogP contribution < -0.4 is 20.7 Å². The number of aliphatic hydroxyl groups excluding tert-OH is 1. The van der Waals surface area contributed by atoms with E-state index in [1.807, 2.05) is 38.9 Å². The Morgan fingerprint density at radius 3 is 2.59 bits per heavy atom. The molecule has 6 N–H and O–H groups in total. The van der Waals surface area contributed by atoms with Gasteiger partial charge in [0.25, 0.3) is 0 Å². The number of nitrogens with zero attached hydrogens (tertiary/aromatic N) is 2. The third-order valence-electron chi connectivity index (χ3n) is 3.99. The zero-order valence-electron chi connectivity index (χ0n) is 17.8. The van der Waals surface area contributed by atoms with Gasteiger partial charge in [-0.05, 0) is 52.6 Å². The van der Waals surface area contributed by atoms with Gasteiger partial charge in [-0.15, -0.1) is 13.2 Å². The molecule has 1 aliphatic heterocycles. The average molecular weight is 403 g/mol. The van der Waals surface area contributed by atoms with Gasteiger partial charge < -0.3 is 25.8 Å². The number of H-pyrrole nitrogens is 1. The molecule has 1 atom stereocenters. The average Bonchev–Trinajstić information content (AvgIpc) is 3.34. The fraction of sp³-hybridized carbons (Fsp3) is 0.429. The summed E-state index contributed by atoms with van der Waals surface area (Å²) in [6.07, 6.45) is 0.474. The highest BCUT2D eigenvalue weighted by Gasteiger charge is 2.23. The van der Waals surface area contributed by atoms with Crippen molar-refractivity contribution < 1.29 is 9.84 Å². The van der Waals surface area contributed by atoms with Gasteiger partial charge in [0.15, 0.2) is 5.82 Å². The van der Waals surface area contributed by atoms with Crippen molar-refractivity contribution in [2.45, 2.75) is 32.5 Å². The third kappa shape index (κ3) is 6.92. The number of aromatic amines is 1. The van der Waals surface area contributed by atoms with Crippen LogP contribution in [0.3, 0.4) is 0 Å². The summed E-state index contributed by atoms with van der Waals surface area (Å²) in [6, 6.07) is 7.14. The molecule has 1 fully saturated rings. The second-order valence-electron chi connectivity index (χ2n) is 6.82. The lowest BCUT2D eigenvalue weighted by atomic mass is 10.0. The number of anilines is 2. The number of aromatic nitrogens is 2. The van der Waals surface area contributed by atoms with E-state index < -0.39 is 0 Å². The molecule has 0 spiro atoms. The van der Waals surface area contributed by atoms with Crippen molar-refractivity contribution >= 4 is 17.2 Å². The molecule has 0 amide bonds. The molecule has 160 valence electrons. The first-order valence-corrected chi connectivity index (χ1v) is 9.58. The van der Waals surface area contributed by atoms with E-state index in [1.165, 1.54) is 0 Å². The van der Waals surface area contributed by atoms with Crippen LogP contribution in [0.15, 0.2) is 37.4 Å². The molecule has 2 heterocycles. The summed E-state index contributed by atoms with van der Waals surface area (Å²) in [6.45, 7) is 11.2. The van der Waals surface area contributed by atoms with E-state index in [0.717, 1.165) is 18.8 Å². The van der Waals surface area contributed by atoms with E-state index in [9.17, 15) is 5.11 Å². The monoisotopic (exact) mass is 402 g/mol. The Bertz CT molecular complexity index is 774. The van der Waals surface area contributed by atoms with E-state index in [1.54, 1.807) is 18.2 Å². The lowest BCUT2D eigenvalue weighted by molar-refractivity contribution is 0.198. The number of β-amino-alcohol motifs (C(OH)–C–C–N with tert-alkyl or cyclic N) is 1. The van der Waals surface area contributed by atoms with Crippen molar-refractivity contribution in [3.63, 3.8) is 0 Å². The molecule has 1 saturated heterocycles. The van der Waals surface area contributed by atoms with Gasteiger partial charge >= 0.3 is 0 Å². The highest BCUT2D eigenvalue weighted by atomic mass is 16.5. The minimum absolute atomic E-state index is 0.0519. The molecule has 0 aliphatic carbocycles. The largest absolute Gasteiger partial charge is 0.491 e. The number of hydrogen-bond acceptors (Lipinski definition) is 7. The number of nitrogens with two attached hydrogens (primary N) is 1. The van der Waals surface area contributed by atoms with E-state index in [-0.39, 0.29) is 17.9 Å². The fourth-order valence-electron chi connectivity index (χ4n) is 2.79. The summed E-state index contributed by atoms with van der Waals surface area (Å²) in [4.78, 5) is 2.00. The topological polar surface area (TPSA) is 123 Å². The molecule has 0 bridgehead atoms. The molecule has 1 aromatic heterocycles. The van der Waals surface area contributed by atoms with Gasteiger partial charge in [0, 0.05) is 30.4 Å². The normalized spacial score (nSPS) is 15.2. The highest BCUT2D eigenvalue weighted by molar-refractivity contribution is 6.13. The summed E-state index contributed by atoms with van der Waals surface area (Å²) in [5.41, 5.74) is 8.00. The Balaban J connectivity index is 0.000000771. The van der Waals surface area contributed by atoms with Gasteiger partial charge in [-0.2, -0.15) is 5.10 Å². The minimum atomic E-state index is -0.315. The molecule has 8 nitrogen and oxygen atoms in total. The van der Waals surface area contributed by atoms with Crippen LogP contribution in [-0.2, 0) is 0 Å². The van der Waals surface area contributed by atoms with E-state index in [0.29, 0.717) is 29.2 Å². The predicted molar refractivity (Wildman–Crippen MR) is 120 cm³/mol. The molecule has 1 aromatic carbocycles. The standard InChI is InChI=1S/C17H23N5O2.C2H7N.C2H4/c1-10(2)24-12-3-4-14(18)13(7-12)17(19)15-8-16(21-20-15)22-6-5-11(23)9-22;1-3-2;1-2/h3-4,7-8,10-11,19,23H,5-6,9,18H2,1-2H3,(H,20,21);3H,1-2H3;1-2H2/t11-;;/m1../s1. The molecule has 0 saturated carbocycles. The summed E-state index contributed by atoms with van der Waals surface area (Å²) >= 11 is 0. The first-order valence-electron chi connectivity index (χ1n) is 9.58. The Hall–Kier alpha value is -2.84. The summed E-state index contributed by atoms with van der Waals surface area (Å²) in [5, 5.41) is 28.0. The molecule has 1 aliphatic rings. The Kier molecular flexibility index (Phi) is 9.91. The Morgan fingerprint density at radius 2 is 2.03 bits per heavy atom. The molecular formula is C21H34N6O2. The maximum Gasteiger partial charge on any atom is 0.151 e. The summed E-state index contributed by atoms with van der Waals surface area (Å²) in [5.74, 6) is 1.42. The first kappa shape index (κ1) is 24.2. The van der Waals surface area contributed by atoms with Crippen LogP contribution in [0.4, 0.5) is 11.5 Å². The lowest BCUT2D eigenvalue weighted by Gasteiger charge is -2.13. The van der Waals surface area contributed by atoms with Crippen molar-refractivity contribution in [1.82, 2.24) is 15.5 Å². The number of nitrogens with one attached hydrogen (secondary N) is 3. The number of hydrogen-bond donors (Lipinski definition) is 5. The maximum atomic E-state index is 9.64. The molecule has 3 rings (SSSR count). The zero-order chi connectivity index (χ0) is 22.0. The van der Waals surface area contributed by atoms with Crippen LogP contribution in [0.25, 0.3) is 0 Å². The van der Waals surface area contributed by atoms with E-state index >= 15 is 0 Å². The SMILES string of the molecule is C=C.CC(C)Oc1ccc(N)c(C(=N)c2cc(N3CC[C@@H](O)C3)n[nH]2)c1.CNC. The van der Waals surface area contributed by atoms with Gasteiger partial charge in [-0.3, -0.25) is 10.5 Å². The van der Waals surface area contributed by atoms with Crippen LogP contribution in [0.5, 0.6) is 5.75 Å². The number of nitrogen functional groups attached to an aromatic ring is 1. The summed E-state index contributed by atoms with van der Waals surface area (Å²) < 4.78 is 5.68. The van der Waals surface area contributed by atoms with Crippen LogP contribution in [0.2, 0.25) is 0 Å². The van der Waals surface area contributed by atoms with E-state index in [4.69, 9.17) is 15.9 Å². The van der Waals surface area contributed by atoms with Gasteiger partial charge in [0.2, 0.25) is 0 Å². The smallest absolute Gasteiger partial charge is 0.151 e. The second kappa shape index (κ2) is 11.9. The van der Waals surface area contributed by atoms with Crippen LogP contribution in [0, 0.1) is 5.41 Å². The number of rotatable bonds is 5. The van der Waals surface area contributed by atoms with Crippen molar-refractivity contribution in [3.8, 4) is 5.75 Å². The zero-order valence-corrected chi connectivity index (χ0v) is 17.8. The lowest BCUT2D eigenvalue weighted by Crippen LogP contribution is -2.21. The van der Waals surface area contributed by atoms with Crippen LogP contribution >= 0.6 is 0 Å². The predicted octanol–water partition coefficient (Wildman–Crippen LogP) is 2.40. The van der Waals surface area contributed by atoms with Crippen LogP contribution in [-0.4, -0.2) is 60.4 Å². The number of aliphatic hydroxyl groups is 1. The van der Waals surface area contributed by atoms with Crippen molar-refractivity contribution in [2.75, 3.05) is 37.8 Å². The van der Waals surface area contributed by atoms with Crippen molar-refractivity contribution in [2.24, 2.45) is 0 Å². The molecule has 29 heavy (non-hydrogen) atoms. The Morgan fingerprint density at radius 1 is 1.38 bits per heavy atom. The van der Waals surface area contributed by atoms with Crippen LogP contribution in [0.1, 0.15) is 31.5 Å². The maximum absolute atomic E-state index is 9.64. The number of benzene rings is 1. The molecule has 0 unspecified atom stereocenters. The molecule has 2 aromatic rings. The minimum Gasteiger partial charge on any atom is -0.491 e. The van der Waals surface area contributed by atoms with Gasteiger partial charge in [0.1, 0.15) is 5.75 Å². The van der Waals surface area contributed by atoms with Gasteiger partial charge in [-0.1, -0.05) is 0 Å². The third-order valence-corrected chi connectivity index (χ3v) is 3.99.